The van der Waals surface area contributed by atoms with Gasteiger partial charge in [0.05, 0.1) is 8.95 Å². The lowest BCUT2D eigenvalue weighted by atomic mass is 10.2. The molecular formula is C20H16Br2Cl2N2O3. The smallest absolute Gasteiger partial charge is 0.329 e. The lowest BCUT2D eigenvalue weighted by Gasteiger charge is -2.12. The molecule has 152 valence electrons. The number of rotatable bonds is 6. The fourth-order valence-corrected chi connectivity index (χ4v) is 4.67. The molecule has 0 aromatic heterocycles. The Morgan fingerprint density at radius 3 is 2.45 bits per heavy atom. The summed E-state index contributed by atoms with van der Waals surface area (Å²) >= 11 is 19.1. The summed E-state index contributed by atoms with van der Waals surface area (Å²) in [5.41, 5.74) is 1.77. The second-order valence-electron chi connectivity index (χ2n) is 6.28. The standard InChI is InChI=1S/C20H16Br2Cl2N2O3/c1-2-5-26-19(27)17(25-20(26)28)8-11-6-14(21)18(15(22)7-11)29-10-12-3-4-13(23)9-16(12)24/h3-4,6-9H,2,5,10H2,1H3,(H,25,28)/b17-8+. The zero-order valence-corrected chi connectivity index (χ0v) is 20.0. The number of benzene rings is 2. The van der Waals surface area contributed by atoms with E-state index in [0.29, 0.717) is 37.7 Å². The van der Waals surface area contributed by atoms with Crippen LogP contribution in [0.15, 0.2) is 45.0 Å². The van der Waals surface area contributed by atoms with E-state index in [1.165, 1.54) is 4.90 Å². The van der Waals surface area contributed by atoms with Gasteiger partial charge in [0, 0.05) is 22.2 Å². The molecule has 0 aliphatic carbocycles. The Hall–Kier alpha value is -1.54. The van der Waals surface area contributed by atoms with Crippen LogP contribution in [0.5, 0.6) is 5.75 Å². The molecule has 5 nitrogen and oxygen atoms in total. The summed E-state index contributed by atoms with van der Waals surface area (Å²) in [7, 11) is 0. The summed E-state index contributed by atoms with van der Waals surface area (Å²) in [6.45, 7) is 2.55. The highest BCUT2D eigenvalue weighted by atomic mass is 79.9. The van der Waals surface area contributed by atoms with Gasteiger partial charge >= 0.3 is 6.03 Å². The minimum Gasteiger partial charge on any atom is -0.486 e. The summed E-state index contributed by atoms with van der Waals surface area (Å²) < 4.78 is 7.27. The molecule has 0 spiro atoms. The van der Waals surface area contributed by atoms with Gasteiger partial charge < -0.3 is 10.1 Å². The lowest BCUT2D eigenvalue weighted by molar-refractivity contribution is -0.122. The van der Waals surface area contributed by atoms with Crippen LogP contribution in [0, 0.1) is 0 Å². The first-order chi connectivity index (χ1) is 13.8. The summed E-state index contributed by atoms with van der Waals surface area (Å²) in [5, 5.41) is 3.70. The van der Waals surface area contributed by atoms with Gasteiger partial charge in [0.2, 0.25) is 0 Å². The second kappa shape index (κ2) is 9.51. The van der Waals surface area contributed by atoms with Crippen LogP contribution < -0.4 is 10.1 Å². The Balaban J connectivity index is 1.79. The highest BCUT2D eigenvalue weighted by molar-refractivity contribution is 9.11. The van der Waals surface area contributed by atoms with Gasteiger partial charge in [-0.05, 0) is 74.2 Å². The minimum absolute atomic E-state index is 0.240. The van der Waals surface area contributed by atoms with Crippen molar-refractivity contribution in [3.63, 3.8) is 0 Å². The van der Waals surface area contributed by atoms with Crippen molar-refractivity contribution in [3.8, 4) is 5.75 Å². The molecule has 0 saturated carbocycles. The van der Waals surface area contributed by atoms with E-state index in [1.54, 1.807) is 30.3 Å². The van der Waals surface area contributed by atoms with Crippen LogP contribution in [0.3, 0.4) is 0 Å². The molecule has 1 aliphatic heterocycles. The van der Waals surface area contributed by atoms with Gasteiger partial charge in [0.15, 0.2) is 0 Å². The van der Waals surface area contributed by atoms with Gasteiger partial charge in [-0.3, -0.25) is 9.69 Å². The van der Waals surface area contributed by atoms with Gasteiger partial charge in [-0.25, -0.2) is 4.79 Å². The molecule has 1 aliphatic rings. The molecule has 0 unspecified atom stereocenters. The quantitative estimate of drug-likeness (QED) is 0.327. The Morgan fingerprint density at radius 2 is 1.83 bits per heavy atom. The van der Waals surface area contributed by atoms with E-state index in [1.807, 2.05) is 13.0 Å². The SMILES string of the molecule is CCCN1C(=O)N/C(=C/c2cc(Br)c(OCc3ccc(Cl)cc3Cl)c(Br)c2)C1=O. The topological polar surface area (TPSA) is 58.6 Å². The van der Waals surface area contributed by atoms with Crippen LogP contribution in [-0.4, -0.2) is 23.4 Å². The molecule has 0 atom stereocenters. The van der Waals surface area contributed by atoms with E-state index in [-0.39, 0.29) is 18.2 Å². The lowest BCUT2D eigenvalue weighted by Crippen LogP contribution is -2.31. The highest BCUT2D eigenvalue weighted by Gasteiger charge is 2.32. The summed E-state index contributed by atoms with van der Waals surface area (Å²) in [6.07, 6.45) is 2.33. The van der Waals surface area contributed by atoms with Gasteiger partial charge in [-0.1, -0.05) is 36.2 Å². The Morgan fingerprint density at radius 1 is 1.14 bits per heavy atom. The van der Waals surface area contributed by atoms with Crippen molar-refractivity contribution in [3.05, 3.63) is 66.1 Å². The number of nitrogens with one attached hydrogen (secondary N) is 1. The number of carbonyl (C=O) groups is 2. The fourth-order valence-electron chi connectivity index (χ4n) is 2.75. The van der Waals surface area contributed by atoms with Crippen LogP contribution in [0.25, 0.3) is 6.08 Å². The molecular weight excluding hydrogens is 547 g/mol. The summed E-state index contributed by atoms with van der Waals surface area (Å²) in [5.74, 6) is 0.259. The zero-order valence-electron chi connectivity index (χ0n) is 15.3. The summed E-state index contributed by atoms with van der Waals surface area (Å²) in [4.78, 5) is 25.5. The maximum Gasteiger partial charge on any atom is 0.329 e. The predicted molar refractivity (Wildman–Crippen MR) is 121 cm³/mol. The molecule has 9 heteroatoms. The molecule has 3 amide bonds. The molecule has 1 N–H and O–H groups in total. The monoisotopic (exact) mass is 560 g/mol. The maximum absolute atomic E-state index is 12.4. The van der Waals surface area contributed by atoms with E-state index < -0.39 is 6.03 Å². The van der Waals surface area contributed by atoms with Crippen molar-refractivity contribution >= 4 is 73.1 Å². The molecule has 2 aromatic carbocycles. The molecule has 0 radical (unpaired) electrons. The molecule has 1 fully saturated rings. The van der Waals surface area contributed by atoms with Gasteiger partial charge in [0.25, 0.3) is 5.91 Å². The third-order valence-corrected chi connectivity index (χ3v) is 5.89. The molecule has 2 aromatic rings. The number of hydrogen-bond acceptors (Lipinski definition) is 3. The molecule has 29 heavy (non-hydrogen) atoms. The Labute approximate surface area is 195 Å². The van der Waals surface area contributed by atoms with Crippen LogP contribution >= 0.6 is 55.1 Å². The minimum atomic E-state index is -0.402. The largest absolute Gasteiger partial charge is 0.486 e. The number of urea groups is 1. The number of ether oxygens (including phenoxy) is 1. The number of amides is 3. The highest BCUT2D eigenvalue weighted by Crippen LogP contribution is 2.36. The first-order valence-electron chi connectivity index (χ1n) is 8.70. The third-order valence-electron chi connectivity index (χ3n) is 4.13. The number of nitrogens with zero attached hydrogens (tertiary/aromatic N) is 1. The van der Waals surface area contributed by atoms with E-state index in [9.17, 15) is 9.59 Å². The number of hydrogen-bond donors (Lipinski definition) is 1. The van der Waals surface area contributed by atoms with Crippen molar-refractivity contribution in [2.75, 3.05) is 6.54 Å². The van der Waals surface area contributed by atoms with Crippen LogP contribution in [0.2, 0.25) is 10.0 Å². The van der Waals surface area contributed by atoms with Crippen LogP contribution in [0.1, 0.15) is 24.5 Å². The number of carbonyl (C=O) groups excluding carboxylic acids is 2. The Kier molecular flexibility index (Phi) is 7.27. The number of imide groups is 1. The average molecular weight is 563 g/mol. The second-order valence-corrected chi connectivity index (χ2v) is 8.84. The van der Waals surface area contributed by atoms with Crippen LogP contribution in [-0.2, 0) is 11.4 Å². The third kappa shape index (κ3) is 5.15. The van der Waals surface area contributed by atoms with Gasteiger partial charge in [0.1, 0.15) is 18.1 Å². The van der Waals surface area contributed by atoms with Crippen molar-refractivity contribution < 1.29 is 14.3 Å². The van der Waals surface area contributed by atoms with Gasteiger partial charge in [-0.2, -0.15) is 0 Å². The first-order valence-corrected chi connectivity index (χ1v) is 11.0. The first kappa shape index (κ1) is 22.2. The summed E-state index contributed by atoms with van der Waals surface area (Å²) in [6, 6.07) is 8.43. The van der Waals surface area contributed by atoms with Crippen molar-refractivity contribution in [2.45, 2.75) is 20.0 Å². The van der Waals surface area contributed by atoms with Crippen molar-refractivity contribution in [2.24, 2.45) is 0 Å². The number of halogens is 4. The predicted octanol–water partition coefficient (Wildman–Crippen LogP) is 6.40. The van der Waals surface area contributed by atoms with Gasteiger partial charge in [-0.15, -0.1) is 0 Å². The molecule has 1 heterocycles. The fraction of sp³-hybridized carbons (Fsp3) is 0.200. The molecule has 0 bridgehead atoms. The average Bonchev–Trinajstić information content (AvgIpc) is 2.90. The van der Waals surface area contributed by atoms with E-state index in [2.05, 4.69) is 37.2 Å². The van der Waals surface area contributed by atoms with Crippen molar-refractivity contribution in [1.82, 2.24) is 10.2 Å². The normalized spacial score (nSPS) is 15.2. The Bertz CT molecular complexity index is 988. The van der Waals surface area contributed by atoms with Crippen molar-refractivity contribution in [1.29, 1.82) is 0 Å². The van der Waals surface area contributed by atoms with Crippen LogP contribution in [0.4, 0.5) is 4.79 Å². The van der Waals surface area contributed by atoms with E-state index >= 15 is 0 Å². The van der Waals surface area contributed by atoms with E-state index in [4.69, 9.17) is 27.9 Å². The van der Waals surface area contributed by atoms with E-state index in [0.717, 1.165) is 11.1 Å². The molecule has 1 saturated heterocycles. The maximum atomic E-state index is 12.4. The zero-order chi connectivity index (χ0) is 21.1. The molecule has 3 rings (SSSR count).